The van der Waals surface area contributed by atoms with Crippen LogP contribution in [-0.4, -0.2) is 5.91 Å². The fourth-order valence-electron chi connectivity index (χ4n) is 3.16. The van der Waals surface area contributed by atoms with E-state index in [1.54, 1.807) is 0 Å². The zero-order chi connectivity index (χ0) is 20.1. The Morgan fingerprint density at radius 1 is 0.786 bits per heavy atom. The second kappa shape index (κ2) is 18.5. The minimum Gasteiger partial charge on any atom is -0.352 e. The Morgan fingerprint density at radius 2 is 1.39 bits per heavy atom. The first kappa shape index (κ1) is 24.2. The van der Waals surface area contributed by atoms with Gasteiger partial charge in [-0.3, -0.25) is 4.79 Å². The molecule has 0 saturated heterocycles. The molecule has 28 heavy (non-hydrogen) atoms. The summed E-state index contributed by atoms with van der Waals surface area (Å²) in [6.45, 7) is 2.89. The standard InChI is InChI=1S/C26H41NO/c1-2-3-4-5-6-7-8-9-10-11-12-13-14-15-16-20-23-26(28)27-24-25-21-18-17-19-22-25/h6-7,9-10,17-19,21-22H,2-5,8,11-16,20,23-24H2,1H3,(H,27,28)/b7-6-,10-9-. The fourth-order valence-corrected chi connectivity index (χ4v) is 3.16. The molecule has 2 nitrogen and oxygen atoms in total. The first-order valence-corrected chi connectivity index (χ1v) is 11.4. The van der Waals surface area contributed by atoms with Crippen LogP contribution in [0.3, 0.4) is 0 Å². The Kier molecular flexibility index (Phi) is 16.0. The third kappa shape index (κ3) is 15.2. The summed E-state index contributed by atoms with van der Waals surface area (Å²) in [4.78, 5) is 11.8. The molecule has 0 aliphatic heterocycles. The maximum absolute atomic E-state index is 11.8. The van der Waals surface area contributed by atoms with Crippen molar-refractivity contribution in [2.24, 2.45) is 0 Å². The average molecular weight is 384 g/mol. The average Bonchev–Trinajstić information content (AvgIpc) is 2.72. The van der Waals surface area contributed by atoms with Crippen LogP contribution < -0.4 is 5.32 Å². The Bertz CT molecular complexity index is 533. The topological polar surface area (TPSA) is 29.1 Å². The van der Waals surface area contributed by atoms with E-state index in [1.807, 2.05) is 30.3 Å². The van der Waals surface area contributed by atoms with Gasteiger partial charge in [-0.1, -0.05) is 100 Å². The Labute approximate surface area is 173 Å². The van der Waals surface area contributed by atoms with Crippen molar-refractivity contribution in [2.75, 3.05) is 0 Å². The highest BCUT2D eigenvalue weighted by Crippen LogP contribution is 2.09. The van der Waals surface area contributed by atoms with Crippen LogP contribution in [-0.2, 0) is 11.3 Å². The van der Waals surface area contributed by atoms with Crippen LogP contribution in [0.15, 0.2) is 54.6 Å². The summed E-state index contributed by atoms with van der Waals surface area (Å²) >= 11 is 0. The molecule has 0 heterocycles. The van der Waals surface area contributed by atoms with Gasteiger partial charge in [0.25, 0.3) is 0 Å². The Morgan fingerprint density at radius 3 is 2.07 bits per heavy atom. The molecular formula is C26H41NO. The summed E-state index contributed by atoms with van der Waals surface area (Å²) in [7, 11) is 0. The lowest BCUT2D eigenvalue weighted by Crippen LogP contribution is -2.22. The van der Waals surface area contributed by atoms with E-state index in [-0.39, 0.29) is 5.91 Å². The highest BCUT2D eigenvalue weighted by atomic mass is 16.1. The molecule has 0 aliphatic rings. The molecule has 0 aliphatic carbocycles. The minimum atomic E-state index is 0.174. The third-order valence-corrected chi connectivity index (χ3v) is 4.94. The summed E-state index contributed by atoms with van der Waals surface area (Å²) < 4.78 is 0. The van der Waals surface area contributed by atoms with Crippen LogP contribution in [0.25, 0.3) is 0 Å². The molecule has 0 aromatic heterocycles. The van der Waals surface area contributed by atoms with Crippen molar-refractivity contribution in [3.05, 3.63) is 60.2 Å². The quantitative estimate of drug-likeness (QED) is 0.219. The smallest absolute Gasteiger partial charge is 0.220 e. The van der Waals surface area contributed by atoms with Gasteiger partial charge >= 0.3 is 0 Å². The molecule has 0 spiro atoms. The molecule has 1 aromatic carbocycles. The number of carbonyl (C=O) groups is 1. The lowest BCUT2D eigenvalue weighted by Gasteiger charge is -2.05. The maximum atomic E-state index is 11.8. The van der Waals surface area contributed by atoms with Gasteiger partial charge in [-0.25, -0.2) is 0 Å². The van der Waals surface area contributed by atoms with E-state index in [1.165, 1.54) is 57.8 Å². The predicted octanol–water partition coefficient (Wildman–Crippen LogP) is 7.51. The normalized spacial score (nSPS) is 11.5. The SMILES string of the molecule is CCCCC/C=C\C/C=C\CCCCCCCCC(=O)NCc1ccccc1. The molecule has 1 rings (SSSR count). The van der Waals surface area contributed by atoms with Crippen LogP contribution in [0.4, 0.5) is 0 Å². The molecule has 1 aromatic rings. The van der Waals surface area contributed by atoms with Crippen LogP contribution in [0.2, 0.25) is 0 Å². The summed E-state index contributed by atoms with van der Waals surface area (Å²) in [5, 5.41) is 3.00. The molecule has 1 N–H and O–H groups in total. The number of benzene rings is 1. The first-order chi connectivity index (χ1) is 13.8. The lowest BCUT2D eigenvalue weighted by atomic mass is 10.1. The van der Waals surface area contributed by atoms with Crippen molar-refractivity contribution in [3.8, 4) is 0 Å². The number of rotatable bonds is 17. The molecule has 0 unspecified atom stereocenters. The van der Waals surface area contributed by atoms with Crippen molar-refractivity contribution in [3.63, 3.8) is 0 Å². The van der Waals surface area contributed by atoms with Gasteiger partial charge < -0.3 is 5.32 Å². The number of amides is 1. The van der Waals surface area contributed by atoms with Gasteiger partial charge in [-0.2, -0.15) is 0 Å². The highest BCUT2D eigenvalue weighted by Gasteiger charge is 2.01. The van der Waals surface area contributed by atoms with Crippen molar-refractivity contribution in [2.45, 2.75) is 96.9 Å². The van der Waals surface area contributed by atoms with Gasteiger partial charge in [-0.15, -0.1) is 0 Å². The number of unbranched alkanes of at least 4 members (excludes halogenated alkanes) is 9. The molecule has 0 fully saturated rings. The minimum absolute atomic E-state index is 0.174. The molecule has 0 radical (unpaired) electrons. The van der Waals surface area contributed by atoms with Crippen molar-refractivity contribution in [1.82, 2.24) is 5.32 Å². The van der Waals surface area contributed by atoms with E-state index in [0.717, 1.165) is 24.8 Å². The number of allylic oxidation sites excluding steroid dienone is 4. The molecule has 2 heteroatoms. The second-order valence-electron chi connectivity index (χ2n) is 7.60. The highest BCUT2D eigenvalue weighted by molar-refractivity contribution is 5.75. The van der Waals surface area contributed by atoms with Crippen LogP contribution in [0, 0.1) is 0 Å². The van der Waals surface area contributed by atoms with E-state index in [0.29, 0.717) is 13.0 Å². The van der Waals surface area contributed by atoms with E-state index in [4.69, 9.17) is 0 Å². The summed E-state index contributed by atoms with van der Waals surface area (Å²) in [5.41, 5.74) is 1.16. The number of hydrogen-bond acceptors (Lipinski definition) is 1. The van der Waals surface area contributed by atoms with E-state index in [9.17, 15) is 4.79 Å². The van der Waals surface area contributed by atoms with E-state index < -0.39 is 0 Å². The van der Waals surface area contributed by atoms with Gasteiger partial charge in [0.05, 0.1) is 0 Å². The molecule has 0 bridgehead atoms. The molecule has 1 amide bonds. The largest absolute Gasteiger partial charge is 0.352 e. The Hall–Kier alpha value is -1.83. The van der Waals surface area contributed by atoms with Crippen LogP contribution in [0.1, 0.15) is 96.0 Å². The van der Waals surface area contributed by atoms with Crippen molar-refractivity contribution < 1.29 is 4.79 Å². The zero-order valence-electron chi connectivity index (χ0n) is 18.0. The Balaban J connectivity index is 1.83. The second-order valence-corrected chi connectivity index (χ2v) is 7.60. The van der Waals surface area contributed by atoms with E-state index in [2.05, 4.69) is 36.5 Å². The number of hydrogen-bond donors (Lipinski definition) is 1. The van der Waals surface area contributed by atoms with Gasteiger partial charge in [0.1, 0.15) is 0 Å². The molecular weight excluding hydrogens is 342 g/mol. The maximum Gasteiger partial charge on any atom is 0.220 e. The molecule has 0 atom stereocenters. The summed E-state index contributed by atoms with van der Waals surface area (Å²) in [6, 6.07) is 10.1. The molecule has 0 saturated carbocycles. The van der Waals surface area contributed by atoms with Gasteiger partial charge in [0.15, 0.2) is 0 Å². The van der Waals surface area contributed by atoms with E-state index >= 15 is 0 Å². The van der Waals surface area contributed by atoms with Gasteiger partial charge in [0, 0.05) is 13.0 Å². The zero-order valence-corrected chi connectivity index (χ0v) is 18.0. The van der Waals surface area contributed by atoms with Crippen molar-refractivity contribution in [1.29, 1.82) is 0 Å². The van der Waals surface area contributed by atoms with Crippen LogP contribution in [0.5, 0.6) is 0 Å². The predicted molar refractivity (Wildman–Crippen MR) is 122 cm³/mol. The summed E-state index contributed by atoms with van der Waals surface area (Å²) in [6.07, 6.45) is 24.7. The van der Waals surface area contributed by atoms with Crippen LogP contribution >= 0.6 is 0 Å². The van der Waals surface area contributed by atoms with Gasteiger partial charge in [-0.05, 0) is 44.1 Å². The van der Waals surface area contributed by atoms with Gasteiger partial charge in [0.2, 0.25) is 5.91 Å². The lowest BCUT2D eigenvalue weighted by molar-refractivity contribution is -0.121. The summed E-state index contributed by atoms with van der Waals surface area (Å²) in [5.74, 6) is 0.174. The molecule has 156 valence electrons. The number of carbonyl (C=O) groups excluding carboxylic acids is 1. The monoisotopic (exact) mass is 383 g/mol. The number of nitrogens with one attached hydrogen (secondary N) is 1. The van der Waals surface area contributed by atoms with Crippen molar-refractivity contribution >= 4 is 5.91 Å². The fraction of sp³-hybridized carbons (Fsp3) is 0.577. The first-order valence-electron chi connectivity index (χ1n) is 11.4. The third-order valence-electron chi connectivity index (χ3n) is 4.94.